The average molecular weight is 599 g/mol. The van der Waals surface area contributed by atoms with Gasteiger partial charge in [0.25, 0.3) is 0 Å². The van der Waals surface area contributed by atoms with E-state index in [1.807, 2.05) is 51.1 Å². The molecule has 43 heavy (non-hydrogen) atoms. The van der Waals surface area contributed by atoms with Crippen LogP contribution in [-0.4, -0.2) is 55.5 Å². The van der Waals surface area contributed by atoms with Gasteiger partial charge in [0, 0.05) is 36.9 Å². The van der Waals surface area contributed by atoms with E-state index in [4.69, 9.17) is 21.6 Å². The first-order valence-electron chi connectivity index (χ1n) is 14.8. The maximum Gasteiger partial charge on any atom is 0.355 e. The number of aryl methyl sites for hydroxylation is 1. The van der Waals surface area contributed by atoms with E-state index >= 15 is 0 Å². The minimum absolute atomic E-state index is 0.0568. The molecule has 224 valence electrons. The molecule has 0 bridgehead atoms. The van der Waals surface area contributed by atoms with Gasteiger partial charge < -0.3 is 9.80 Å². The Bertz CT molecular complexity index is 1780. The van der Waals surface area contributed by atoms with Crippen LogP contribution in [0.4, 0.5) is 5.82 Å². The summed E-state index contributed by atoms with van der Waals surface area (Å²) in [7, 11) is 0. The number of pyridine rings is 2. The Morgan fingerprint density at radius 1 is 1.05 bits per heavy atom. The molecule has 0 radical (unpaired) electrons. The zero-order chi connectivity index (χ0) is 31.2. The SMILES string of the molecule is C=CC(=O)N1C[C@H](C)N(c2nc(=O)n(-c3c(C)ccnc3C(C)C)c3nc(-c4ccccc4C(C)C)c(Cl)cc23)C[C@H]1C. The van der Waals surface area contributed by atoms with Gasteiger partial charge in [-0.3, -0.25) is 9.78 Å². The molecule has 1 fully saturated rings. The second-order valence-electron chi connectivity index (χ2n) is 12.0. The maximum absolute atomic E-state index is 14.2. The molecule has 0 spiro atoms. The highest BCUT2D eigenvalue weighted by atomic mass is 35.5. The molecule has 1 aliphatic heterocycles. The molecule has 4 aromatic rings. The van der Waals surface area contributed by atoms with Crippen LogP contribution in [-0.2, 0) is 4.79 Å². The fraction of sp³-hybridized carbons (Fsp3) is 0.382. The molecular weight excluding hydrogens is 560 g/mol. The number of anilines is 1. The molecule has 2 atom stereocenters. The number of hydrogen-bond donors (Lipinski definition) is 0. The lowest BCUT2D eigenvalue weighted by molar-refractivity contribution is -0.128. The van der Waals surface area contributed by atoms with Crippen molar-refractivity contribution in [2.45, 2.75) is 72.4 Å². The molecule has 0 N–H and O–H groups in total. The van der Waals surface area contributed by atoms with Crippen molar-refractivity contribution >= 4 is 34.4 Å². The van der Waals surface area contributed by atoms with Gasteiger partial charge in [0.1, 0.15) is 5.82 Å². The highest BCUT2D eigenvalue weighted by Crippen LogP contribution is 2.38. The van der Waals surface area contributed by atoms with E-state index < -0.39 is 5.69 Å². The number of carbonyl (C=O) groups excluding carboxylic acids is 1. The summed E-state index contributed by atoms with van der Waals surface area (Å²) >= 11 is 7.05. The van der Waals surface area contributed by atoms with E-state index in [-0.39, 0.29) is 29.8 Å². The van der Waals surface area contributed by atoms with Gasteiger partial charge in [-0.15, -0.1) is 0 Å². The number of halogens is 1. The Morgan fingerprint density at radius 2 is 1.77 bits per heavy atom. The van der Waals surface area contributed by atoms with Gasteiger partial charge in [-0.1, -0.05) is 70.1 Å². The minimum Gasteiger partial charge on any atom is -0.349 e. The second kappa shape index (κ2) is 11.9. The summed E-state index contributed by atoms with van der Waals surface area (Å²) in [5.41, 5.74) is 5.05. The molecule has 0 unspecified atom stereocenters. The van der Waals surface area contributed by atoms with Crippen molar-refractivity contribution in [2.24, 2.45) is 0 Å². The van der Waals surface area contributed by atoms with Crippen LogP contribution in [0.3, 0.4) is 0 Å². The predicted molar refractivity (Wildman–Crippen MR) is 174 cm³/mol. The van der Waals surface area contributed by atoms with Gasteiger partial charge in [-0.2, -0.15) is 4.98 Å². The lowest BCUT2D eigenvalue weighted by Gasteiger charge is -2.44. The quantitative estimate of drug-likeness (QED) is 0.231. The van der Waals surface area contributed by atoms with Crippen molar-refractivity contribution in [3.63, 3.8) is 0 Å². The van der Waals surface area contributed by atoms with Crippen LogP contribution in [0.5, 0.6) is 0 Å². The third kappa shape index (κ3) is 5.44. The van der Waals surface area contributed by atoms with Crippen LogP contribution in [0.25, 0.3) is 28.0 Å². The van der Waals surface area contributed by atoms with Crippen LogP contribution in [0.1, 0.15) is 70.2 Å². The van der Waals surface area contributed by atoms with Gasteiger partial charge in [-0.25, -0.2) is 14.3 Å². The Hall–Kier alpha value is -4.04. The van der Waals surface area contributed by atoms with E-state index in [0.717, 1.165) is 22.4 Å². The number of amides is 1. The standard InChI is InChI=1S/C34H39ClN6O2/c1-9-28(42)39-17-23(8)40(18-22(39)7)32-26-16-27(35)30(25-13-11-10-12-24(25)19(2)3)37-33(26)41(34(43)38-32)31-21(6)14-15-36-29(31)20(4)5/h9-16,19-20,22-23H,1,17-18H2,2-8H3/t22-,23+/m1/s1. The third-order valence-corrected chi connectivity index (χ3v) is 8.57. The predicted octanol–water partition coefficient (Wildman–Crippen LogP) is 6.66. The van der Waals surface area contributed by atoms with Crippen LogP contribution in [0, 0.1) is 6.92 Å². The van der Waals surface area contributed by atoms with Crippen molar-refractivity contribution in [1.29, 1.82) is 0 Å². The summed E-state index contributed by atoms with van der Waals surface area (Å²) in [5, 5.41) is 1.14. The van der Waals surface area contributed by atoms with Crippen molar-refractivity contribution in [2.75, 3.05) is 18.0 Å². The Balaban J connectivity index is 1.84. The zero-order valence-corrected chi connectivity index (χ0v) is 26.7. The molecular formula is C34H39ClN6O2. The molecule has 1 saturated heterocycles. The third-order valence-electron chi connectivity index (χ3n) is 8.28. The Kier molecular flexibility index (Phi) is 8.43. The van der Waals surface area contributed by atoms with Gasteiger partial charge >= 0.3 is 5.69 Å². The van der Waals surface area contributed by atoms with Crippen molar-refractivity contribution in [3.05, 3.63) is 87.6 Å². The number of hydrogen-bond acceptors (Lipinski definition) is 6. The molecule has 0 saturated carbocycles. The van der Waals surface area contributed by atoms with Gasteiger partial charge in [-0.05, 0) is 61.9 Å². The molecule has 3 aromatic heterocycles. The Labute approximate surface area is 258 Å². The Morgan fingerprint density at radius 3 is 2.44 bits per heavy atom. The smallest absolute Gasteiger partial charge is 0.349 e. The molecule has 1 amide bonds. The maximum atomic E-state index is 14.2. The number of nitrogens with zero attached hydrogens (tertiary/aromatic N) is 6. The molecule has 1 aliphatic rings. The van der Waals surface area contributed by atoms with Crippen LogP contribution < -0.4 is 10.6 Å². The molecule has 8 nitrogen and oxygen atoms in total. The molecule has 9 heteroatoms. The summed E-state index contributed by atoms with van der Waals surface area (Å²) in [5.74, 6) is 0.692. The summed E-state index contributed by atoms with van der Waals surface area (Å²) in [4.78, 5) is 45.1. The van der Waals surface area contributed by atoms with Crippen molar-refractivity contribution < 1.29 is 4.79 Å². The molecule has 5 rings (SSSR count). The number of piperazine rings is 1. The van der Waals surface area contributed by atoms with Crippen LogP contribution >= 0.6 is 11.6 Å². The number of rotatable bonds is 6. The van der Waals surface area contributed by atoms with E-state index in [1.165, 1.54) is 6.08 Å². The van der Waals surface area contributed by atoms with Crippen molar-refractivity contribution in [3.8, 4) is 16.9 Å². The van der Waals surface area contributed by atoms with Crippen LogP contribution in [0.2, 0.25) is 5.02 Å². The number of fused-ring (bicyclic) bond motifs is 1. The number of benzene rings is 1. The second-order valence-corrected chi connectivity index (χ2v) is 12.5. The fourth-order valence-corrected chi connectivity index (χ4v) is 6.32. The lowest BCUT2D eigenvalue weighted by Crippen LogP contribution is -2.58. The average Bonchev–Trinajstić information content (AvgIpc) is 2.97. The van der Waals surface area contributed by atoms with Gasteiger partial charge in [0.15, 0.2) is 5.65 Å². The highest BCUT2D eigenvalue weighted by Gasteiger charge is 2.34. The van der Waals surface area contributed by atoms with Gasteiger partial charge in [0.2, 0.25) is 5.91 Å². The largest absolute Gasteiger partial charge is 0.355 e. The molecule has 0 aliphatic carbocycles. The van der Waals surface area contributed by atoms with E-state index in [1.54, 1.807) is 15.7 Å². The molecule has 4 heterocycles. The first kappa shape index (κ1) is 30.4. The minimum atomic E-state index is -0.442. The highest BCUT2D eigenvalue weighted by molar-refractivity contribution is 6.34. The summed E-state index contributed by atoms with van der Waals surface area (Å²) < 4.78 is 1.60. The van der Waals surface area contributed by atoms with Crippen LogP contribution in [0.15, 0.2) is 60.0 Å². The van der Waals surface area contributed by atoms with Gasteiger partial charge in [0.05, 0.1) is 27.5 Å². The first-order valence-corrected chi connectivity index (χ1v) is 15.2. The monoisotopic (exact) mass is 598 g/mol. The first-order chi connectivity index (χ1) is 20.4. The summed E-state index contributed by atoms with van der Waals surface area (Å²) in [6.07, 6.45) is 3.11. The van der Waals surface area contributed by atoms with E-state index in [9.17, 15) is 9.59 Å². The van der Waals surface area contributed by atoms with E-state index in [2.05, 4.69) is 50.2 Å². The van der Waals surface area contributed by atoms with E-state index in [0.29, 0.717) is 46.3 Å². The normalized spacial score (nSPS) is 17.3. The summed E-state index contributed by atoms with van der Waals surface area (Å²) in [6.45, 7) is 19.0. The fourth-order valence-electron chi connectivity index (χ4n) is 6.06. The topological polar surface area (TPSA) is 84.2 Å². The lowest BCUT2D eigenvalue weighted by atomic mass is 9.95. The zero-order valence-electron chi connectivity index (χ0n) is 25.9. The van der Waals surface area contributed by atoms with Crippen molar-refractivity contribution in [1.82, 2.24) is 24.4 Å². The summed E-state index contributed by atoms with van der Waals surface area (Å²) in [6, 6.07) is 11.7. The molecule has 1 aromatic carbocycles. The number of aromatic nitrogens is 4. The number of carbonyl (C=O) groups is 1.